The Bertz CT molecular complexity index is 5590. The topological polar surface area (TPSA) is 0 Å². The van der Waals surface area contributed by atoms with E-state index in [9.17, 15) is 0 Å². The molecule has 0 radical (unpaired) electrons. The van der Waals surface area contributed by atoms with Crippen LogP contribution in [0.3, 0.4) is 0 Å². The molecule has 12 aromatic carbocycles. The van der Waals surface area contributed by atoms with Crippen molar-refractivity contribution in [2.45, 2.75) is 516 Å². The number of hydrogen-bond acceptors (Lipinski definition) is 0. The fraction of sp³-hybridized carbons (Fsp3) is 0.520. The number of aryl methyl sites for hydroxylation is 42. The summed E-state index contributed by atoms with van der Waals surface area (Å²) in [5.41, 5.74) is 63.2. The van der Waals surface area contributed by atoms with Gasteiger partial charge in [-0.3, -0.25) is 0 Å². The third-order valence-corrected chi connectivity index (χ3v) is 33.4. The molecule has 0 saturated heterocycles. The second-order valence-electron chi connectivity index (χ2n) is 45.8. The van der Waals surface area contributed by atoms with Gasteiger partial charge in [-0.05, 0) is 628 Å². The van der Waals surface area contributed by atoms with Crippen LogP contribution >= 0.6 is 0 Å². The fourth-order valence-electron chi connectivity index (χ4n) is 22.2. The van der Waals surface area contributed by atoms with E-state index in [0.29, 0.717) is 0 Å². The third-order valence-electron chi connectivity index (χ3n) is 33.4. The van der Waals surface area contributed by atoms with Crippen molar-refractivity contribution < 1.29 is 0 Å². The molecular formula is C150H216. The summed E-state index contributed by atoms with van der Waals surface area (Å²) in [6.45, 7) is 67.6. The monoisotopic (exact) mass is 2020 g/mol. The lowest BCUT2D eigenvalue weighted by molar-refractivity contribution is 0.707. The zero-order valence-corrected chi connectivity index (χ0v) is 102. The van der Waals surface area contributed by atoms with E-state index < -0.39 is 0 Å². The molecule has 0 bridgehead atoms. The van der Waals surface area contributed by atoms with Crippen molar-refractivity contribution in [3.8, 4) is 0 Å². The first-order chi connectivity index (χ1) is 72.3. The molecule has 0 atom stereocenters. The molecule has 150 heavy (non-hydrogen) atoms. The lowest BCUT2D eigenvalue weighted by Crippen LogP contribution is -2.03. The van der Waals surface area contributed by atoms with Crippen molar-refractivity contribution in [2.24, 2.45) is 0 Å². The van der Waals surface area contributed by atoms with Crippen LogP contribution in [0.15, 0.2) is 182 Å². The summed E-state index contributed by atoms with van der Waals surface area (Å²) in [4.78, 5) is 0. The van der Waals surface area contributed by atoms with Gasteiger partial charge in [-0.1, -0.05) is 304 Å². The minimum atomic E-state index is 1.14. The molecule has 0 aliphatic carbocycles. The minimum Gasteiger partial charge on any atom is -0.0654 e. The van der Waals surface area contributed by atoms with Gasteiger partial charge in [0.15, 0.2) is 0 Å². The molecular weight excluding hydrogens is 1800 g/mol. The van der Waals surface area contributed by atoms with E-state index in [1.54, 1.807) is 66.8 Å². The summed E-state index contributed by atoms with van der Waals surface area (Å²) in [6.07, 6.45) is 59.9. The molecule has 0 amide bonds. The van der Waals surface area contributed by atoms with Crippen molar-refractivity contribution in [2.75, 3.05) is 0 Å². The van der Waals surface area contributed by atoms with Crippen LogP contribution < -0.4 is 0 Å². The molecule has 816 valence electrons. The highest BCUT2D eigenvalue weighted by Crippen LogP contribution is 2.32. The Morgan fingerprint density at radius 1 is 0.100 bits per heavy atom. The van der Waals surface area contributed by atoms with E-state index >= 15 is 0 Å². The van der Waals surface area contributed by atoms with Gasteiger partial charge in [-0.2, -0.15) is 0 Å². The Morgan fingerprint density at radius 3 is 0.507 bits per heavy atom. The van der Waals surface area contributed by atoms with Crippen molar-refractivity contribution in [3.63, 3.8) is 0 Å². The maximum Gasteiger partial charge on any atom is -0.0276 e. The highest BCUT2D eigenvalue weighted by molar-refractivity contribution is 5.46. The van der Waals surface area contributed by atoms with Gasteiger partial charge in [0.2, 0.25) is 0 Å². The molecule has 0 unspecified atom stereocenters. The lowest BCUT2D eigenvalue weighted by atomic mass is 9.89. The van der Waals surface area contributed by atoms with Gasteiger partial charge in [-0.25, -0.2) is 0 Å². The Balaban J connectivity index is 0.000000245. The summed E-state index contributed by atoms with van der Waals surface area (Å²) in [6, 6.07) is 71.4. The summed E-state index contributed by atoms with van der Waals surface area (Å²) in [5, 5.41) is 0. The molecule has 12 rings (SSSR count). The van der Waals surface area contributed by atoms with Gasteiger partial charge in [0.25, 0.3) is 0 Å². The van der Waals surface area contributed by atoms with Crippen LogP contribution in [-0.2, 0) is 154 Å². The average molecular weight is 2020 g/mol. The molecule has 0 spiro atoms. The van der Waals surface area contributed by atoms with Crippen molar-refractivity contribution in [3.05, 3.63) is 416 Å². The van der Waals surface area contributed by atoms with Crippen LogP contribution in [0.2, 0.25) is 0 Å². The quantitative estimate of drug-likeness (QED) is 0.0333. The smallest absolute Gasteiger partial charge is 0.0276 e. The van der Waals surface area contributed by atoms with E-state index in [2.05, 4.69) is 390 Å². The van der Waals surface area contributed by atoms with Gasteiger partial charge in [-0.15, -0.1) is 0 Å². The second kappa shape index (κ2) is 70.8. The molecule has 0 aromatic heterocycles. The molecule has 0 N–H and O–H groups in total. The molecule has 0 heteroatoms. The highest BCUT2D eigenvalue weighted by atomic mass is 14.2. The molecule has 0 saturated carbocycles. The predicted octanol–water partition coefficient (Wildman–Crippen LogP) is 42.5. The van der Waals surface area contributed by atoms with Gasteiger partial charge in [0.05, 0.1) is 0 Å². The molecule has 0 aliphatic rings. The predicted molar refractivity (Wildman–Crippen MR) is 670 cm³/mol. The number of rotatable bonds is 54. The summed E-state index contributed by atoms with van der Waals surface area (Å²) >= 11 is 0. The van der Waals surface area contributed by atoms with Crippen molar-refractivity contribution in [1.82, 2.24) is 0 Å². The first-order valence-corrected chi connectivity index (χ1v) is 61.3. The normalized spacial score (nSPS) is 11.1. The first-order valence-electron chi connectivity index (χ1n) is 61.3. The Kier molecular flexibility index (Phi) is 60.2. The van der Waals surface area contributed by atoms with Crippen LogP contribution in [0, 0.1) is 125 Å². The highest BCUT2D eigenvalue weighted by Gasteiger charge is 2.17. The Morgan fingerprint density at radius 2 is 0.247 bits per heavy atom. The maximum atomic E-state index is 2.58. The Hall–Kier alpha value is -9.36. The molecule has 0 aliphatic heterocycles. The number of benzene rings is 12. The molecule has 0 heterocycles. The van der Waals surface area contributed by atoms with E-state index in [1.807, 2.05) is 0 Å². The third kappa shape index (κ3) is 44.6. The zero-order valence-electron chi connectivity index (χ0n) is 102. The lowest BCUT2D eigenvalue weighted by Gasteiger charge is -2.16. The number of unbranched alkanes of at least 4 members (excludes halogenated alkanes) is 12. The minimum absolute atomic E-state index is 1.14. The number of hydrogen-bond donors (Lipinski definition) is 0. The first kappa shape index (κ1) is 128. The van der Waals surface area contributed by atoms with E-state index in [0.717, 1.165) is 38.5 Å². The van der Waals surface area contributed by atoms with E-state index in [1.165, 1.54) is 437 Å². The van der Waals surface area contributed by atoms with Crippen LogP contribution in [-0.4, -0.2) is 0 Å². The van der Waals surface area contributed by atoms with Gasteiger partial charge in [0.1, 0.15) is 0 Å². The largest absolute Gasteiger partial charge is 0.0654 e. The average Bonchev–Trinajstić information content (AvgIpc) is 0.847. The van der Waals surface area contributed by atoms with Crippen LogP contribution in [0.4, 0.5) is 0 Å². The zero-order chi connectivity index (χ0) is 109. The molecule has 12 aromatic rings. The van der Waals surface area contributed by atoms with Gasteiger partial charge in [0, 0.05) is 0 Å². The van der Waals surface area contributed by atoms with Crippen LogP contribution in [0.25, 0.3) is 0 Å². The summed E-state index contributed by atoms with van der Waals surface area (Å²) in [7, 11) is 0. The maximum absolute atomic E-state index is 2.58. The van der Waals surface area contributed by atoms with Crippen LogP contribution in [0.1, 0.15) is 471 Å². The van der Waals surface area contributed by atoms with Crippen molar-refractivity contribution >= 4 is 0 Å². The summed E-state index contributed by atoms with van der Waals surface area (Å²) < 4.78 is 0. The Labute approximate surface area is 925 Å². The SMILES string of the molecule is CCCCc1cc(CCCCc2cc(CCCC)c(C)cc2CCCC)c(CCCC)cc1C.CCCCc1cc(CCCCc2ccc(C)c(CCCC)c2)ccc1C.CCc1cc(CCCCc2cc(CC)c(C)cc2CC)c(CC)cc1C.CCc1cc(CCCCc2ccc(C)c(CC)c2)ccc1C.Cc1cc(C)c(CCCCc2cc(C)c(C)cc2C)cc1C.Cc1ccc(CCCCc2ccc(C)c(C)c2)cc1C. The standard InChI is InChI=1S/C34H54.2C26H38.2C22H30.C20H26/c1-7-11-17-29-25-33(31(19-13-9-3)23-27(29)5)21-15-16-22-34-26-30(18-12-8-2)28(6)24-32(34)20-14-10-4;1-7-21-17-25(23(9-3)15-19(21)5)13-11-12-14-26-18-22(8-2)20(6)16-24(26)10-4;1-5-7-13-25-19-23(17-15-21(25)3)11-9-10-12-24-18-16-22(4)26(20-24)14-8-6-2;1-15-11-19(5)21(13-17(15)3)9-7-8-10-22-14-18(4)16(2)12-20(22)6;1-5-21-15-19(13-11-17(21)3)9-7-8-10-20-14-12-18(4)22(6-2)16-20;1-15-9-11-19(13-17(15)3)7-5-6-8-20-12-10-16(2)18(4)14-20/h23-26H,7-22H2,1-6H3;15-18H,7-14H2,1-6H3;15-20H,5-14H2,1-4H3;11-14H,7-10H2,1-6H3;11-16H,5-10H2,1-4H3;9-14H,5-8H2,1-4H3. The fourth-order valence-corrected chi connectivity index (χ4v) is 22.2. The molecule has 0 nitrogen and oxygen atoms in total. The molecule has 0 fully saturated rings. The van der Waals surface area contributed by atoms with Gasteiger partial charge < -0.3 is 0 Å². The van der Waals surface area contributed by atoms with Gasteiger partial charge >= 0.3 is 0 Å². The van der Waals surface area contributed by atoms with E-state index in [4.69, 9.17) is 0 Å². The second-order valence-corrected chi connectivity index (χ2v) is 45.8. The van der Waals surface area contributed by atoms with Crippen LogP contribution in [0.5, 0.6) is 0 Å². The van der Waals surface area contributed by atoms with E-state index in [-0.39, 0.29) is 0 Å². The van der Waals surface area contributed by atoms with Crippen molar-refractivity contribution in [1.29, 1.82) is 0 Å². The summed E-state index contributed by atoms with van der Waals surface area (Å²) in [5.74, 6) is 0.